The molecule has 3 unspecified atom stereocenters. The van der Waals surface area contributed by atoms with Gasteiger partial charge in [-0.05, 0) is 6.42 Å². The highest BCUT2D eigenvalue weighted by atomic mass is 16.7. The SMILES string of the molecule is C=COCC(COCC(COCC(COCCOC(=O)CCCC(=O)ON1C(=O)CCC1=O)OC=C)OCCOC)OCCOC. The second-order valence-electron chi connectivity index (χ2n) is 9.66. The number of rotatable bonds is 31. The number of hydroxylamine groups is 2. The van der Waals surface area contributed by atoms with Gasteiger partial charge in [-0.1, -0.05) is 13.2 Å². The van der Waals surface area contributed by atoms with Crippen LogP contribution in [-0.4, -0.2) is 141 Å². The number of ether oxygens (including phenoxy) is 10. The quantitative estimate of drug-likeness (QED) is 0.0446. The molecule has 2 amide bonds. The summed E-state index contributed by atoms with van der Waals surface area (Å²) < 4.78 is 54.6. The predicted molar refractivity (Wildman–Crippen MR) is 159 cm³/mol. The fourth-order valence-corrected chi connectivity index (χ4v) is 3.67. The van der Waals surface area contributed by atoms with Crippen LogP contribution in [0.4, 0.5) is 0 Å². The summed E-state index contributed by atoms with van der Waals surface area (Å²) in [6, 6.07) is 0. The van der Waals surface area contributed by atoms with Gasteiger partial charge in [0.1, 0.15) is 31.5 Å². The van der Waals surface area contributed by atoms with E-state index in [4.69, 9.17) is 52.2 Å². The van der Waals surface area contributed by atoms with Crippen LogP contribution in [0.1, 0.15) is 32.1 Å². The molecule has 0 N–H and O–H groups in total. The van der Waals surface area contributed by atoms with Crippen LogP contribution < -0.4 is 0 Å². The third kappa shape index (κ3) is 20.1. The smallest absolute Gasteiger partial charge is 0.333 e. The lowest BCUT2D eigenvalue weighted by Gasteiger charge is -2.22. The lowest BCUT2D eigenvalue weighted by atomic mass is 10.2. The highest BCUT2D eigenvalue weighted by Gasteiger charge is 2.32. The van der Waals surface area contributed by atoms with E-state index in [9.17, 15) is 19.2 Å². The van der Waals surface area contributed by atoms with Gasteiger partial charge in [0, 0.05) is 39.9 Å². The fraction of sp³-hybridized carbons (Fsp3) is 0.733. The van der Waals surface area contributed by atoms with Gasteiger partial charge in [-0.25, -0.2) is 4.79 Å². The molecule has 1 saturated heterocycles. The molecule has 16 heteroatoms. The average Bonchev–Trinajstić information content (AvgIpc) is 3.35. The molecule has 0 aromatic rings. The van der Waals surface area contributed by atoms with E-state index in [0.717, 1.165) is 0 Å². The molecule has 0 aliphatic carbocycles. The zero-order chi connectivity index (χ0) is 33.8. The maximum Gasteiger partial charge on any atom is 0.333 e. The van der Waals surface area contributed by atoms with Crippen molar-refractivity contribution < 1.29 is 71.4 Å². The highest BCUT2D eigenvalue weighted by Crippen LogP contribution is 2.13. The Morgan fingerprint density at radius 1 is 0.696 bits per heavy atom. The summed E-state index contributed by atoms with van der Waals surface area (Å²) in [5.74, 6) is -2.43. The zero-order valence-corrected chi connectivity index (χ0v) is 26.9. The lowest BCUT2D eigenvalue weighted by Crippen LogP contribution is -2.33. The first-order valence-corrected chi connectivity index (χ1v) is 15.0. The number of hydrogen-bond acceptors (Lipinski definition) is 15. The minimum absolute atomic E-state index is 0.00945. The molecule has 46 heavy (non-hydrogen) atoms. The molecule has 1 heterocycles. The van der Waals surface area contributed by atoms with Crippen LogP contribution in [0.2, 0.25) is 0 Å². The normalized spacial score (nSPS) is 14.9. The second kappa shape index (κ2) is 27.0. The first-order chi connectivity index (χ1) is 22.3. The van der Waals surface area contributed by atoms with E-state index in [1.807, 2.05) is 0 Å². The molecule has 0 radical (unpaired) electrons. The van der Waals surface area contributed by atoms with E-state index in [0.29, 0.717) is 31.5 Å². The number of nitrogens with zero attached hydrogens (tertiary/aromatic N) is 1. The Morgan fingerprint density at radius 2 is 1.24 bits per heavy atom. The largest absolute Gasteiger partial charge is 0.499 e. The molecule has 3 atom stereocenters. The molecule has 1 rings (SSSR count). The molecular formula is C30H49NO15. The summed E-state index contributed by atoms with van der Waals surface area (Å²) in [5.41, 5.74) is 0. The third-order valence-electron chi connectivity index (χ3n) is 5.94. The van der Waals surface area contributed by atoms with Gasteiger partial charge >= 0.3 is 11.9 Å². The van der Waals surface area contributed by atoms with Crippen molar-refractivity contribution in [2.75, 3.05) is 93.5 Å². The molecule has 0 saturated carbocycles. The Labute approximate surface area is 270 Å². The van der Waals surface area contributed by atoms with Crippen molar-refractivity contribution in [3.05, 3.63) is 25.7 Å². The minimum Gasteiger partial charge on any atom is -0.499 e. The molecule has 16 nitrogen and oxygen atoms in total. The van der Waals surface area contributed by atoms with E-state index < -0.39 is 36.0 Å². The monoisotopic (exact) mass is 663 g/mol. The molecular weight excluding hydrogens is 614 g/mol. The summed E-state index contributed by atoms with van der Waals surface area (Å²) in [5, 5.41) is 0.469. The fourth-order valence-electron chi connectivity index (χ4n) is 3.67. The summed E-state index contributed by atoms with van der Waals surface area (Å²) in [6.45, 7) is 10.1. The van der Waals surface area contributed by atoms with Crippen molar-refractivity contribution in [3.8, 4) is 0 Å². The average molecular weight is 664 g/mol. The van der Waals surface area contributed by atoms with Crippen LogP contribution in [0.25, 0.3) is 0 Å². The predicted octanol–water partition coefficient (Wildman–Crippen LogP) is 1.11. The van der Waals surface area contributed by atoms with E-state index in [1.54, 1.807) is 14.2 Å². The number of hydrogen-bond donors (Lipinski definition) is 0. The Balaban J connectivity index is 2.30. The van der Waals surface area contributed by atoms with Gasteiger partial charge in [0.05, 0.1) is 78.6 Å². The number of amides is 2. The topological polar surface area (TPSA) is 173 Å². The van der Waals surface area contributed by atoms with Gasteiger partial charge in [0.15, 0.2) is 0 Å². The van der Waals surface area contributed by atoms with Crippen molar-refractivity contribution in [1.82, 2.24) is 5.06 Å². The molecule has 0 spiro atoms. The third-order valence-corrected chi connectivity index (χ3v) is 5.94. The van der Waals surface area contributed by atoms with Crippen LogP contribution >= 0.6 is 0 Å². The first-order valence-electron chi connectivity index (χ1n) is 15.0. The zero-order valence-electron chi connectivity index (χ0n) is 26.9. The van der Waals surface area contributed by atoms with E-state index in [1.165, 1.54) is 12.5 Å². The maximum absolute atomic E-state index is 11.9. The van der Waals surface area contributed by atoms with Gasteiger partial charge in [0.2, 0.25) is 0 Å². The first kappa shape index (κ1) is 40.9. The second-order valence-corrected chi connectivity index (χ2v) is 9.66. The van der Waals surface area contributed by atoms with Crippen molar-refractivity contribution in [2.45, 2.75) is 50.4 Å². The van der Waals surface area contributed by atoms with Gasteiger partial charge in [0.25, 0.3) is 11.8 Å². The lowest BCUT2D eigenvalue weighted by molar-refractivity contribution is -0.197. The van der Waals surface area contributed by atoms with E-state index in [-0.39, 0.29) is 91.1 Å². The molecule has 1 aliphatic rings. The highest BCUT2D eigenvalue weighted by molar-refractivity contribution is 6.01. The summed E-state index contributed by atoms with van der Waals surface area (Å²) in [4.78, 5) is 51.4. The Hall–Kier alpha value is -3.12. The summed E-state index contributed by atoms with van der Waals surface area (Å²) in [7, 11) is 3.17. The molecule has 1 aliphatic heterocycles. The van der Waals surface area contributed by atoms with Gasteiger partial charge in [-0.2, -0.15) is 0 Å². The molecule has 0 aromatic carbocycles. The summed E-state index contributed by atoms with van der Waals surface area (Å²) >= 11 is 0. The standard InChI is InChI=1S/C30H49NO15/c1-5-38-18-25(43-15-12-36-3)21-41-23-26(44-16-13-37-4)22-40-20-24(42-6-2)19-39-14-17-45-29(34)8-7-9-30(35)46-31-27(32)10-11-28(31)33/h5-6,24-26H,1-2,7-23H2,3-4H3. The number of esters is 1. The Kier molecular flexibility index (Phi) is 24.0. The Morgan fingerprint density at radius 3 is 1.80 bits per heavy atom. The number of methoxy groups -OCH3 is 2. The van der Waals surface area contributed by atoms with Crippen LogP contribution in [0.3, 0.4) is 0 Å². The number of imide groups is 1. The summed E-state index contributed by atoms with van der Waals surface area (Å²) in [6.07, 6.45) is 1.38. The van der Waals surface area contributed by atoms with Crippen LogP contribution in [0.5, 0.6) is 0 Å². The van der Waals surface area contributed by atoms with Crippen molar-refractivity contribution >= 4 is 23.8 Å². The van der Waals surface area contributed by atoms with Crippen molar-refractivity contribution in [1.29, 1.82) is 0 Å². The molecule has 1 fully saturated rings. The number of carbonyl (C=O) groups is 4. The van der Waals surface area contributed by atoms with Crippen LogP contribution in [0, 0.1) is 0 Å². The Bertz CT molecular complexity index is 870. The van der Waals surface area contributed by atoms with Gasteiger partial charge in [-0.3, -0.25) is 14.4 Å². The van der Waals surface area contributed by atoms with Gasteiger partial charge < -0.3 is 52.2 Å². The van der Waals surface area contributed by atoms with Crippen molar-refractivity contribution in [2.24, 2.45) is 0 Å². The maximum atomic E-state index is 11.9. The number of carbonyl (C=O) groups excluding carboxylic acids is 4. The van der Waals surface area contributed by atoms with Crippen LogP contribution in [0.15, 0.2) is 25.7 Å². The van der Waals surface area contributed by atoms with Crippen LogP contribution in [-0.2, 0) is 71.4 Å². The van der Waals surface area contributed by atoms with Gasteiger partial charge in [-0.15, -0.1) is 5.06 Å². The van der Waals surface area contributed by atoms with Crippen molar-refractivity contribution in [3.63, 3.8) is 0 Å². The minimum atomic E-state index is -0.776. The molecule has 264 valence electrons. The molecule has 0 bridgehead atoms. The van der Waals surface area contributed by atoms with E-state index in [2.05, 4.69) is 13.2 Å². The van der Waals surface area contributed by atoms with E-state index >= 15 is 0 Å². The molecule has 0 aromatic heterocycles.